The molecule has 0 heterocycles. The van der Waals surface area contributed by atoms with E-state index in [1.54, 1.807) is 12.8 Å². The molecule has 60 valence electrons. The van der Waals surface area contributed by atoms with Crippen LogP contribution in [0.2, 0.25) is 0 Å². The lowest BCUT2D eigenvalue weighted by Gasteiger charge is -2.26. The minimum Gasteiger partial charge on any atom is -0.0383 e. The molecule has 0 nitrogen and oxygen atoms in total. The zero-order valence-corrected chi connectivity index (χ0v) is 7.56. The molecule has 0 spiro atoms. The Kier molecular flexibility index (Phi) is 0.944. The van der Waals surface area contributed by atoms with Crippen LogP contribution in [0.15, 0.2) is 0 Å². The van der Waals surface area contributed by atoms with Crippen LogP contribution in [-0.4, -0.2) is 0 Å². The Morgan fingerprint density at radius 1 is 1.27 bits per heavy atom. The number of rotatable bonds is 0. The van der Waals surface area contributed by atoms with Crippen molar-refractivity contribution in [2.45, 2.75) is 39.5 Å². The lowest BCUT2D eigenvalue weighted by Crippen LogP contribution is -2.27. The summed E-state index contributed by atoms with van der Waals surface area (Å²) in [5.74, 6) is 5.21. The third kappa shape index (κ3) is 0.566. The first-order valence-electron chi connectivity index (χ1n) is 5.06. The Bertz CT molecular complexity index is 190. The minimum absolute atomic E-state index is 0.637. The van der Waals surface area contributed by atoms with Gasteiger partial charge in [-0.05, 0) is 33.1 Å². The number of hydrogen-bond donors (Lipinski definition) is 0. The molecule has 3 aliphatic rings. The molecule has 0 radical (unpaired) electrons. The van der Waals surface area contributed by atoms with E-state index < -0.39 is 0 Å². The average Bonchev–Trinajstić information content (AvgIpc) is 2.41. The first-order chi connectivity index (χ1) is 5.19. The van der Waals surface area contributed by atoms with E-state index in [0.717, 1.165) is 17.8 Å². The van der Waals surface area contributed by atoms with Crippen molar-refractivity contribution in [2.75, 3.05) is 0 Å². The number of hydrogen-bond acceptors (Lipinski definition) is 0. The molecule has 0 aromatic carbocycles. The van der Waals surface area contributed by atoms with Crippen molar-refractivity contribution in [3.8, 4) is 0 Å². The maximum Gasteiger partial charge on any atom is 0.108 e. The highest BCUT2D eigenvalue weighted by Gasteiger charge is 2.68. The molecule has 3 saturated carbocycles. The molecule has 0 amide bonds. The zero-order chi connectivity index (χ0) is 7.64. The molecule has 3 rings (SSSR count). The standard InChI is InChI=1S/C11H17/c1-11(2)8-5-7-3-4-10(11)9(7)6-8/h7-9H,3-6H2,1-2H3/q+1/t7-,8+,9+/m0/s1. The van der Waals surface area contributed by atoms with E-state index in [4.69, 9.17) is 0 Å². The van der Waals surface area contributed by atoms with E-state index in [-0.39, 0.29) is 0 Å². The summed E-state index contributed by atoms with van der Waals surface area (Å²) in [7, 11) is 0. The van der Waals surface area contributed by atoms with Gasteiger partial charge in [0.05, 0.1) is 12.3 Å². The Hall–Kier alpha value is -0.130. The third-order valence-electron chi connectivity index (χ3n) is 4.78. The predicted octanol–water partition coefficient (Wildman–Crippen LogP) is 3.04. The summed E-state index contributed by atoms with van der Waals surface area (Å²) in [6, 6.07) is 0. The maximum atomic E-state index is 2.48. The van der Waals surface area contributed by atoms with Crippen molar-refractivity contribution in [2.24, 2.45) is 23.2 Å². The van der Waals surface area contributed by atoms with E-state index >= 15 is 0 Å². The first-order valence-corrected chi connectivity index (χ1v) is 5.06. The highest BCUT2D eigenvalue weighted by atomic mass is 14.6. The summed E-state index contributed by atoms with van der Waals surface area (Å²) < 4.78 is 0. The van der Waals surface area contributed by atoms with Gasteiger partial charge in [-0.25, -0.2) is 0 Å². The highest BCUT2D eigenvalue weighted by molar-refractivity contribution is 5.24. The normalized spacial score (nSPS) is 50.7. The Balaban J connectivity index is 2.04. The summed E-state index contributed by atoms with van der Waals surface area (Å²) in [4.78, 5) is 0. The van der Waals surface area contributed by atoms with E-state index in [1.807, 2.05) is 5.92 Å². The van der Waals surface area contributed by atoms with Gasteiger partial charge in [0.15, 0.2) is 0 Å². The van der Waals surface area contributed by atoms with Crippen LogP contribution >= 0.6 is 0 Å². The molecule has 0 heteroatoms. The van der Waals surface area contributed by atoms with Crippen LogP contribution in [0, 0.1) is 29.1 Å². The molecule has 3 atom stereocenters. The molecule has 0 aromatic rings. The van der Waals surface area contributed by atoms with Crippen LogP contribution in [-0.2, 0) is 0 Å². The van der Waals surface area contributed by atoms with Gasteiger partial charge >= 0.3 is 0 Å². The van der Waals surface area contributed by atoms with E-state index in [9.17, 15) is 0 Å². The molecular formula is C11H17+. The second-order valence-corrected chi connectivity index (χ2v) is 5.32. The monoisotopic (exact) mass is 149 g/mol. The average molecular weight is 149 g/mol. The van der Waals surface area contributed by atoms with Crippen molar-refractivity contribution in [3.05, 3.63) is 5.92 Å². The zero-order valence-electron chi connectivity index (χ0n) is 7.56. The van der Waals surface area contributed by atoms with Crippen LogP contribution in [0.1, 0.15) is 39.5 Å². The fourth-order valence-corrected chi connectivity index (χ4v) is 4.05. The van der Waals surface area contributed by atoms with Crippen LogP contribution in [0.5, 0.6) is 0 Å². The molecule has 3 aliphatic carbocycles. The van der Waals surface area contributed by atoms with Crippen LogP contribution < -0.4 is 0 Å². The van der Waals surface area contributed by atoms with E-state index in [2.05, 4.69) is 13.8 Å². The summed E-state index contributed by atoms with van der Waals surface area (Å²) in [6.45, 7) is 4.96. The fraction of sp³-hybridized carbons (Fsp3) is 0.909. The Morgan fingerprint density at radius 2 is 2.09 bits per heavy atom. The Morgan fingerprint density at radius 3 is 2.73 bits per heavy atom. The molecule has 2 bridgehead atoms. The quantitative estimate of drug-likeness (QED) is 0.464. The van der Waals surface area contributed by atoms with Crippen molar-refractivity contribution in [1.29, 1.82) is 0 Å². The SMILES string of the molecule is CC1(C)[C+]2CC[C@H]3C[C@@H]1C[C@@H]23. The summed E-state index contributed by atoms with van der Waals surface area (Å²) in [6.07, 6.45) is 6.10. The van der Waals surface area contributed by atoms with E-state index in [1.165, 1.54) is 12.8 Å². The molecule has 11 heavy (non-hydrogen) atoms. The molecule has 0 aromatic heterocycles. The van der Waals surface area contributed by atoms with Crippen LogP contribution in [0.25, 0.3) is 0 Å². The van der Waals surface area contributed by atoms with Crippen molar-refractivity contribution in [3.63, 3.8) is 0 Å². The van der Waals surface area contributed by atoms with E-state index in [0.29, 0.717) is 5.41 Å². The topological polar surface area (TPSA) is 0 Å². The molecule has 0 aliphatic heterocycles. The largest absolute Gasteiger partial charge is 0.108 e. The first kappa shape index (κ1) is 6.39. The second-order valence-electron chi connectivity index (χ2n) is 5.32. The smallest absolute Gasteiger partial charge is 0.0383 e. The highest BCUT2D eigenvalue weighted by Crippen LogP contribution is 2.68. The molecule has 0 unspecified atom stereocenters. The van der Waals surface area contributed by atoms with Gasteiger partial charge in [0.25, 0.3) is 0 Å². The van der Waals surface area contributed by atoms with Crippen LogP contribution in [0.4, 0.5) is 0 Å². The summed E-state index contributed by atoms with van der Waals surface area (Å²) in [5, 5.41) is 0. The van der Waals surface area contributed by atoms with Crippen molar-refractivity contribution >= 4 is 0 Å². The number of fused-ring (bicyclic) bond motifs is 1. The minimum atomic E-state index is 0.637. The van der Waals surface area contributed by atoms with Crippen molar-refractivity contribution < 1.29 is 0 Å². The van der Waals surface area contributed by atoms with Gasteiger partial charge in [-0.2, -0.15) is 0 Å². The predicted molar refractivity (Wildman–Crippen MR) is 46.0 cm³/mol. The second kappa shape index (κ2) is 1.62. The lowest BCUT2D eigenvalue weighted by atomic mass is 9.69. The lowest BCUT2D eigenvalue weighted by molar-refractivity contribution is 0.238. The van der Waals surface area contributed by atoms with Gasteiger partial charge in [-0.3, -0.25) is 0 Å². The van der Waals surface area contributed by atoms with Crippen molar-refractivity contribution in [1.82, 2.24) is 0 Å². The van der Waals surface area contributed by atoms with Gasteiger partial charge in [0.2, 0.25) is 0 Å². The third-order valence-corrected chi connectivity index (χ3v) is 4.78. The summed E-state index contributed by atoms with van der Waals surface area (Å²) in [5.41, 5.74) is 0.637. The maximum absolute atomic E-state index is 2.48. The fourth-order valence-electron chi connectivity index (χ4n) is 4.05. The molecule has 0 saturated heterocycles. The van der Waals surface area contributed by atoms with Gasteiger partial charge < -0.3 is 0 Å². The molecule has 3 fully saturated rings. The van der Waals surface area contributed by atoms with Gasteiger partial charge in [0.1, 0.15) is 11.3 Å². The van der Waals surface area contributed by atoms with Gasteiger partial charge in [-0.1, -0.05) is 0 Å². The summed E-state index contributed by atoms with van der Waals surface area (Å²) >= 11 is 0. The van der Waals surface area contributed by atoms with Gasteiger partial charge in [0, 0.05) is 11.8 Å². The molecular weight excluding hydrogens is 132 g/mol. The van der Waals surface area contributed by atoms with Gasteiger partial charge in [-0.15, -0.1) is 0 Å². The Labute approximate surface area is 69.4 Å². The molecule has 0 N–H and O–H groups in total. The van der Waals surface area contributed by atoms with Crippen LogP contribution in [0.3, 0.4) is 0 Å².